The molecule has 1 atom stereocenters. The van der Waals surface area contributed by atoms with Gasteiger partial charge in [-0.1, -0.05) is 0 Å². The Kier molecular flexibility index (Phi) is 6.35. The summed E-state index contributed by atoms with van der Waals surface area (Å²) in [5.74, 6) is 1.50. The van der Waals surface area contributed by atoms with Crippen molar-refractivity contribution in [2.45, 2.75) is 26.3 Å². The number of hydrogen-bond donors (Lipinski definition) is 2. The molecule has 0 saturated carbocycles. The van der Waals surface area contributed by atoms with Crippen LogP contribution in [0.25, 0.3) is 0 Å². The van der Waals surface area contributed by atoms with Crippen LogP contribution in [0.4, 0.5) is 11.8 Å². The molecule has 0 bridgehead atoms. The second-order valence-corrected chi connectivity index (χ2v) is 5.41. The van der Waals surface area contributed by atoms with E-state index in [9.17, 15) is 0 Å². The van der Waals surface area contributed by atoms with E-state index in [2.05, 4.69) is 62.5 Å². The van der Waals surface area contributed by atoms with Gasteiger partial charge in [0.15, 0.2) is 0 Å². The summed E-state index contributed by atoms with van der Waals surface area (Å²) >= 11 is 3.46. The van der Waals surface area contributed by atoms with Crippen molar-refractivity contribution in [2.24, 2.45) is 0 Å². The van der Waals surface area contributed by atoms with Gasteiger partial charge in [0.2, 0.25) is 5.95 Å². The van der Waals surface area contributed by atoms with E-state index in [1.807, 2.05) is 6.92 Å². The van der Waals surface area contributed by atoms with Crippen LogP contribution in [0.3, 0.4) is 0 Å². The van der Waals surface area contributed by atoms with Crippen molar-refractivity contribution in [3.63, 3.8) is 0 Å². The summed E-state index contributed by atoms with van der Waals surface area (Å²) in [7, 11) is 4.16. The Balaban J connectivity index is 2.61. The van der Waals surface area contributed by atoms with Gasteiger partial charge in [0.25, 0.3) is 0 Å². The fraction of sp³-hybridized carbons (Fsp3) is 0.667. The van der Waals surface area contributed by atoms with Crippen molar-refractivity contribution in [1.82, 2.24) is 14.9 Å². The lowest BCUT2D eigenvalue weighted by molar-refractivity contribution is 0.390. The van der Waals surface area contributed by atoms with Gasteiger partial charge in [0.05, 0.1) is 4.47 Å². The van der Waals surface area contributed by atoms with Crippen LogP contribution in [-0.4, -0.2) is 48.1 Å². The van der Waals surface area contributed by atoms with Crippen LogP contribution in [0.15, 0.2) is 10.7 Å². The molecule has 1 rings (SSSR count). The van der Waals surface area contributed by atoms with Gasteiger partial charge in [-0.25, -0.2) is 4.98 Å². The molecule has 0 fully saturated rings. The van der Waals surface area contributed by atoms with Gasteiger partial charge >= 0.3 is 0 Å². The quantitative estimate of drug-likeness (QED) is 0.809. The minimum atomic E-state index is 0.369. The minimum absolute atomic E-state index is 0.369. The summed E-state index contributed by atoms with van der Waals surface area (Å²) in [6, 6.07) is 0.369. The number of anilines is 2. The van der Waals surface area contributed by atoms with Gasteiger partial charge in [0, 0.05) is 18.8 Å². The zero-order chi connectivity index (χ0) is 13.5. The van der Waals surface area contributed by atoms with Crippen LogP contribution < -0.4 is 10.6 Å². The predicted octanol–water partition coefficient (Wildman–Crippen LogP) is 2.42. The van der Waals surface area contributed by atoms with Crippen molar-refractivity contribution < 1.29 is 0 Å². The summed E-state index contributed by atoms with van der Waals surface area (Å²) in [5, 5.41) is 6.51. The van der Waals surface area contributed by atoms with Crippen molar-refractivity contribution in [3.8, 4) is 0 Å². The Morgan fingerprint density at radius 2 is 2.17 bits per heavy atom. The second-order valence-electron chi connectivity index (χ2n) is 4.56. The molecule has 6 heteroatoms. The summed E-state index contributed by atoms with van der Waals surface area (Å²) < 4.78 is 0.890. The summed E-state index contributed by atoms with van der Waals surface area (Å²) in [5.41, 5.74) is 0. The van der Waals surface area contributed by atoms with Crippen LogP contribution in [0, 0.1) is 0 Å². The molecular weight excluding hydrogens is 294 g/mol. The lowest BCUT2D eigenvalue weighted by atomic mass is 10.2. The molecule has 102 valence electrons. The molecule has 0 saturated heterocycles. The van der Waals surface area contributed by atoms with Crippen molar-refractivity contribution in [3.05, 3.63) is 10.7 Å². The molecule has 0 spiro atoms. The van der Waals surface area contributed by atoms with Crippen molar-refractivity contribution in [1.29, 1.82) is 0 Å². The van der Waals surface area contributed by atoms with Gasteiger partial charge in [-0.3, -0.25) is 0 Å². The number of aromatic nitrogens is 2. The highest BCUT2D eigenvalue weighted by Crippen LogP contribution is 2.21. The van der Waals surface area contributed by atoms with Gasteiger partial charge in [-0.15, -0.1) is 0 Å². The van der Waals surface area contributed by atoms with Crippen LogP contribution in [0.2, 0.25) is 0 Å². The standard InChI is InChI=1S/C12H22BrN5/c1-5-14-12-15-8-10(13)11(17-12)16-9(2)6-7-18(3)4/h8-9H,5-7H2,1-4H3,(H2,14,15,16,17). The van der Waals surface area contributed by atoms with E-state index in [4.69, 9.17) is 0 Å². The number of rotatable bonds is 7. The molecule has 1 aromatic heterocycles. The highest BCUT2D eigenvalue weighted by Gasteiger charge is 2.08. The van der Waals surface area contributed by atoms with E-state index < -0.39 is 0 Å². The van der Waals surface area contributed by atoms with E-state index >= 15 is 0 Å². The van der Waals surface area contributed by atoms with E-state index in [-0.39, 0.29) is 0 Å². The molecule has 2 N–H and O–H groups in total. The van der Waals surface area contributed by atoms with Gasteiger partial charge in [-0.05, 0) is 56.8 Å². The third-order valence-electron chi connectivity index (χ3n) is 2.47. The smallest absolute Gasteiger partial charge is 0.224 e. The van der Waals surface area contributed by atoms with Crippen LogP contribution >= 0.6 is 15.9 Å². The largest absolute Gasteiger partial charge is 0.366 e. The SMILES string of the molecule is CCNc1ncc(Br)c(NC(C)CCN(C)C)n1. The molecule has 1 unspecified atom stereocenters. The van der Waals surface area contributed by atoms with Crippen molar-refractivity contribution >= 4 is 27.7 Å². The van der Waals surface area contributed by atoms with E-state index in [0.29, 0.717) is 12.0 Å². The molecule has 18 heavy (non-hydrogen) atoms. The molecular formula is C12H22BrN5. The topological polar surface area (TPSA) is 53.1 Å². The van der Waals surface area contributed by atoms with E-state index in [1.54, 1.807) is 6.20 Å². The Labute approximate surface area is 118 Å². The molecule has 0 aliphatic rings. The van der Waals surface area contributed by atoms with Gasteiger partial charge in [-0.2, -0.15) is 4.98 Å². The zero-order valence-corrected chi connectivity index (χ0v) is 13.1. The van der Waals surface area contributed by atoms with Crippen LogP contribution in [0.5, 0.6) is 0 Å². The monoisotopic (exact) mass is 315 g/mol. The number of nitrogens with one attached hydrogen (secondary N) is 2. The lowest BCUT2D eigenvalue weighted by Gasteiger charge is -2.18. The Hall–Kier alpha value is -0.880. The number of hydrogen-bond acceptors (Lipinski definition) is 5. The first-order chi connectivity index (χ1) is 8.52. The lowest BCUT2D eigenvalue weighted by Crippen LogP contribution is -2.23. The zero-order valence-electron chi connectivity index (χ0n) is 11.5. The minimum Gasteiger partial charge on any atom is -0.366 e. The van der Waals surface area contributed by atoms with Crippen molar-refractivity contribution in [2.75, 3.05) is 37.8 Å². The maximum Gasteiger partial charge on any atom is 0.224 e. The Morgan fingerprint density at radius 1 is 1.44 bits per heavy atom. The second kappa shape index (κ2) is 7.53. The Bertz CT molecular complexity index is 369. The fourth-order valence-electron chi connectivity index (χ4n) is 1.47. The molecule has 1 heterocycles. The number of halogens is 1. The molecule has 0 aliphatic carbocycles. The molecule has 0 radical (unpaired) electrons. The number of nitrogens with zero attached hydrogens (tertiary/aromatic N) is 3. The van der Waals surface area contributed by atoms with Gasteiger partial charge in [0.1, 0.15) is 5.82 Å². The first-order valence-electron chi connectivity index (χ1n) is 6.20. The van der Waals surface area contributed by atoms with E-state index in [0.717, 1.165) is 29.8 Å². The summed E-state index contributed by atoms with van der Waals surface area (Å²) in [6.45, 7) is 6.05. The molecule has 0 amide bonds. The van der Waals surface area contributed by atoms with Gasteiger partial charge < -0.3 is 15.5 Å². The first-order valence-corrected chi connectivity index (χ1v) is 7.00. The molecule has 0 aromatic carbocycles. The summed E-state index contributed by atoms with van der Waals surface area (Å²) in [6.07, 6.45) is 2.84. The average molecular weight is 316 g/mol. The fourth-order valence-corrected chi connectivity index (χ4v) is 1.77. The Morgan fingerprint density at radius 3 is 2.78 bits per heavy atom. The molecule has 1 aromatic rings. The maximum atomic E-state index is 4.44. The average Bonchev–Trinajstić information content (AvgIpc) is 2.31. The molecule has 0 aliphatic heterocycles. The first kappa shape index (κ1) is 15.2. The van der Waals surface area contributed by atoms with Crippen LogP contribution in [0.1, 0.15) is 20.3 Å². The highest BCUT2D eigenvalue weighted by molar-refractivity contribution is 9.10. The van der Waals surface area contributed by atoms with E-state index in [1.165, 1.54) is 0 Å². The third-order valence-corrected chi connectivity index (χ3v) is 3.05. The third kappa shape index (κ3) is 5.18. The highest BCUT2D eigenvalue weighted by atomic mass is 79.9. The van der Waals surface area contributed by atoms with Crippen LogP contribution in [-0.2, 0) is 0 Å². The maximum absolute atomic E-state index is 4.44. The summed E-state index contributed by atoms with van der Waals surface area (Å²) in [4.78, 5) is 10.8. The molecule has 5 nitrogen and oxygen atoms in total. The predicted molar refractivity (Wildman–Crippen MR) is 80.2 cm³/mol. The normalized spacial score (nSPS) is 12.6.